The van der Waals surface area contributed by atoms with Gasteiger partial charge in [0, 0.05) is 12.1 Å². The Morgan fingerprint density at radius 3 is 2.56 bits per heavy atom. The van der Waals surface area contributed by atoms with Gasteiger partial charge < -0.3 is 4.98 Å². The number of nitrogens with zero attached hydrogens (tertiary/aromatic N) is 3. The van der Waals surface area contributed by atoms with Gasteiger partial charge in [-0.3, -0.25) is 19.3 Å². The molecule has 0 saturated heterocycles. The Labute approximate surface area is 160 Å². The Kier molecular flexibility index (Phi) is 5.15. The minimum Gasteiger partial charge on any atom is -0.300 e. The number of hydrogen-bond donors (Lipinski definition) is 1. The van der Waals surface area contributed by atoms with Crippen molar-refractivity contribution in [2.45, 2.75) is 25.4 Å². The maximum atomic E-state index is 12.7. The Balaban J connectivity index is 2.07. The summed E-state index contributed by atoms with van der Waals surface area (Å²) < 4.78 is 0. The summed E-state index contributed by atoms with van der Waals surface area (Å²) in [4.78, 5) is 45.4. The van der Waals surface area contributed by atoms with Crippen LogP contribution in [0.2, 0.25) is 0 Å². The smallest absolute Gasteiger partial charge is 0.270 e. The van der Waals surface area contributed by atoms with Crippen molar-refractivity contribution in [3.05, 3.63) is 45.2 Å². The van der Waals surface area contributed by atoms with E-state index in [1.165, 1.54) is 22.7 Å². The molecule has 0 atom stereocenters. The Morgan fingerprint density at radius 1 is 1.22 bits per heavy atom. The lowest BCUT2D eigenvalue weighted by Crippen LogP contribution is -2.31. The lowest BCUT2D eigenvalue weighted by Gasteiger charge is -2.14. The first-order chi connectivity index (χ1) is 12.9. The summed E-state index contributed by atoms with van der Waals surface area (Å²) in [6.45, 7) is 4.42. The number of aromatic nitrogens is 2. The number of carbonyl (C=O) groups excluding carboxylic acids is 2. The van der Waals surface area contributed by atoms with E-state index in [4.69, 9.17) is 0 Å². The van der Waals surface area contributed by atoms with Crippen molar-refractivity contribution < 1.29 is 9.59 Å². The maximum Gasteiger partial charge on any atom is 0.270 e. The molecule has 2 aromatic rings. The number of hydrogen-bond acceptors (Lipinski definition) is 6. The summed E-state index contributed by atoms with van der Waals surface area (Å²) >= 11 is 1.24. The van der Waals surface area contributed by atoms with Crippen LogP contribution in [0, 0.1) is 17.2 Å². The SMILES string of the molecule is CSc1nc(-c2ccc3c(c2)C(=O)N(CCC(C)C)C3=O)c(C#N)c(=O)[nH]1. The minimum absolute atomic E-state index is 0.124. The summed E-state index contributed by atoms with van der Waals surface area (Å²) in [6, 6.07) is 6.58. The van der Waals surface area contributed by atoms with Gasteiger partial charge in [-0.1, -0.05) is 31.7 Å². The lowest BCUT2D eigenvalue weighted by molar-refractivity contribution is 0.0648. The molecule has 0 bridgehead atoms. The van der Waals surface area contributed by atoms with Crippen molar-refractivity contribution in [1.29, 1.82) is 5.26 Å². The highest BCUT2D eigenvalue weighted by atomic mass is 32.2. The molecule has 0 radical (unpaired) electrons. The van der Waals surface area contributed by atoms with Crippen molar-refractivity contribution in [3.8, 4) is 17.3 Å². The van der Waals surface area contributed by atoms with Crippen LogP contribution in [0.15, 0.2) is 28.2 Å². The van der Waals surface area contributed by atoms with Gasteiger partial charge in [0.25, 0.3) is 17.4 Å². The molecule has 2 amide bonds. The molecule has 0 aliphatic carbocycles. The highest BCUT2D eigenvalue weighted by Gasteiger charge is 2.35. The van der Waals surface area contributed by atoms with Gasteiger partial charge in [0.15, 0.2) is 5.16 Å². The molecule has 0 unspecified atom stereocenters. The van der Waals surface area contributed by atoms with Gasteiger partial charge in [-0.05, 0) is 30.7 Å². The Bertz CT molecular complexity index is 1040. The van der Waals surface area contributed by atoms with Crippen LogP contribution in [0.1, 0.15) is 46.5 Å². The standard InChI is InChI=1S/C19H18N4O3S/c1-10(2)6-7-23-17(25)12-5-4-11(8-13(12)18(23)26)15-14(9-20)16(24)22-19(21-15)27-3/h4-5,8,10H,6-7H2,1-3H3,(H,21,22,24). The fraction of sp³-hybridized carbons (Fsp3) is 0.316. The predicted octanol–water partition coefficient (Wildman–Crippen LogP) is 2.67. The molecule has 138 valence electrons. The molecular formula is C19H18N4O3S. The van der Waals surface area contributed by atoms with Crippen LogP contribution in [0.25, 0.3) is 11.3 Å². The molecule has 3 rings (SSSR count). The van der Waals surface area contributed by atoms with Gasteiger partial charge in [-0.2, -0.15) is 5.26 Å². The number of aromatic amines is 1. The number of fused-ring (bicyclic) bond motifs is 1. The van der Waals surface area contributed by atoms with Crippen LogP contribution >= 0.6 is 11.8 Å². The molecule has 0 fully saturated rings. The van der Waals surface area contributed by atoms with E-state index >= 15 is 0 Å². The number of H-pyrrole nitrogens is 1. The first kappa shape index (κ1) is 18.9. The second-order valence-corrected chi connectivity index (χ2v) is 7.41. The molecule has 1 aromatic heterocycles. The lowest BCUT2D eigenvalue weighted by atomic mass is 10.0. The summed E-state index contributed by atoms with van der Waals surface area (Å²) in [5, 5.41) is 9.70. The van der Waals surface area contributed by atoms with E-state index in [1.54, 1.807) is 18.4 Å². The Morgan fingerprint density at radius 2 is 1.93 bits per heavy atom. The van der Waals surface area contributed by atoms with Gasteiger partial charge in [-0.15, -0.1) is 0 Å². The molecular weight excluding hydrogens is 364 g/mol. The fourth-order valence-electron chi connectivity index (χ4n) is 2.89. The molecule has 0 spiro atoms. The quantitative estimate of drug-likeness (QED) is 0.484. The van der Waals surface area contributed by atoms with E-state index in [-0.39, 0.29) is 28.6 Å². The average Bonchev–Trinajstić information content (AvgIpc) is 2.89. The summed E-state index contributed by atoms with van der Waals surface area (Å²) in [5.74, 6) is -0.300. The summed E-state index contributed by atoms with van der Waals surface area (Å²) in [5.41, 5.74) is 0.612. The van der Waals surface area contributed by atoms with Crippen molar-refractivity contribution in [1.82, 2.24) is 14.9 Å². The first-order valence-electron chi connectivity index (χ1n) is 8.46. The topological polar surface area (TPSA) is 107 Å². The third-order valence-electron chi connectivity index (χ3n) is 4.38. The van der Waals surface area contributed by atoms with E-state index in [0.717, 1.165) is 6.42 Å². The molecule has 1 aliphatic heterocycles. The normalized spacial score (nSPS) is 13.2. The van der Waals surface area contributed by atoms with Crippen LogP contribution < -0.4 is 5.56 Å². The first-order valence-corrected chi connectivity index (χ1v) is 9.68. The number of amides is 2. The molecule has 27 heavy (non-hydrogen) atoms. The molecule has 2 heterocycles. The zero-order chi connectivity index (χ0) is 19.7. The zero-order valence-electron chi connectivity index (χ0n) is 15.2. The molecule has 1 aromatic carbocycles. The Hall–Kier alpha value is -2.92. The highest BCUT2D eigenvalue weighted by Crippen LogP contribution is 2.29. The van der Waals surface area contributed by atoms with E-state index in [9.17, 15) is 19.6 Å². The molecule has 1 aliphatic rings. The molecule has 0 saturated carbocycles. The van der Waals surface area contributed by atoms with Crippen molar-refractivity contribution in [2.75, 3.05) is 12.8 Å². The van der Waals surface area contributed by atoms with E-state index < -0.39 is 5.56 Å². The van der Waals surface area contributed by atoms with E-state index in [1.807, 2.05) is 19.9 Å². The second-order valence-electron chi connectivity index (χ2n) is 6.62. The number of imide groups is 1. The third kappa shape index (κ3) is 3.38. The number of nitrogens with one attached hydrogen (secondary N) is 1. The van der Waals surface area contributed by atoms with Gasteiger partial charge in [-0.25, -0.2) is 4.98 Å². The number of nitriles is 1. The zero-order valence-corrected chi connectivity index (χ0v) is 16.0. The highest BCUT2D eigenvalue weighted by molar-refractivity contribution is 7.98. The molecule has 7 nitrogen and oxygen atoms in total. The van der Waals surface area contributed by atoms with E-state index in [0.29, 0.717) is 28.7 Å². The second kappa shape index (κ2) is 7.37. The number of thioether (sulfide) groups is 1. The van der Waals surface area contributed by atoms with Crippen molar-refractivity contribution in [2.24, 2.45) is 5.92 Å². The number of carbonyl (C=O) groups is 2. The maximum absolute atomic E-state index is 12.7. The summed E-state index contributed by atoms with van der Waals surface area (Å²) in [7, 11) is 0. The summed E-state index contributed by atoms with van der Waals surface area (Å²) in [6.07, 6.45) is 2.48. The van der Waals surface area contributed by atoms with Crippen molar-refractivity contribution >= 4 is 23.6 Å². The minimum atomic E-state index is -0.534. The van der Waals surface area contributed by atoms with Crippen molar-refractivity contribution in [3.63, 3.8) is 0 Å². The fourth-order valence-corrected chi connectivity index (χ4v) is 3.27. The molecule has 8 heteroatoms. The van der Waals surface area contributed by atoms with Gasteiger partial charge in [0.05, 0.1) is 16.8 Å². The van der Waals surface area contributed by atoms with Crippen LogP contribution in [0.3, 0.4) is 0 Å². The van der Waals surface area contributed by atoms with Crippen LogP contribution in [0.5, 0.6) is 0 Å². The third-order valence-corrected chi connectivity index (χ3v) is 4.96. The molecule has 1 N–H and O–H groups in total. The van der Waals surface area contributed by atoms with E-state index in [2.05, 4.69) is 9.97 Å². The van der Waals surface area contributed by atoms with Gasteiger partial charge >= 0.3 is 0 Å². The van der Waals surface area contributed by atoms with Crippen LogP contribution in [-0.2, 0) is 0 Å². The number of rotatable bonds is 5. The van der Waals surface area contributed by atoms with Gasteiger partial charge in [0.2, 0.25) is 0 Å². The predicted molar refractivity (Wildman–Crippen MR) is 102 cm³/mol. The van der Waals surface area contributed by atoms with Gasteiger partial charge in [0.1, 0.15) is 11.6 Å². The van der Waals surface area contributed by atoms with Crippen LogP contribution in [0.4, 0.5) is 0 Å². The average molecular weight is 382 g/mol. The largest absolute Gasteiger partial charge is 0.300 e. The monoisotopic (exact) mass is 382 g/mol. The number of benzene rings is 1. The van der Waals surface area contributed by atoms with Crippen LogP contribution in [-0.4, -0.2) is 39.5 Å².